The number of halogens is 1. The van der Waals surface area contributed by atoms with Gasteiger partial charge in [0.25, 0.3) is 5.91 Å². The standard InChI is InChI=1S/C19H25ClN2O3S/c20-16-7-6-15(19(23)21-17-11-13-4-5-14(17)10-13)12-18(16)26(24,25)22-8-2-1-3-9-22/h6-7,12-14,17H,1-5,8-11H2,(H,21,23)/t13-,14-,17-/m1/s1. The van der Waals surface area contributed by atoms with Crippen molar-refractivity contribution in [1.82, 2.24) is 9.62 Å². The van der Waals surface area contributed by atoms with Crippen LogP contribution in [-0.4, -0.2) is 37.8 Å². The van der Waals surface area contributed by atoms with Crippen molar-refractivity contribution in [2.24, 2.45) is 11.8 Å². The molecule has 0 radical (unpaired) electrons. The molecule has 1 aromatic rings. The van der Waals surface area contributed by atoms with Gasteiger partial charge in [-0.3, -0.25) is 4.79 Å². The van der Waals surface area contributed by atoms with Crippen molar-refractivity contribution >= 4 is 27.5 Å². The van der Waals surface area contributed by atoms with Gasteiger partial charge in [-0.25, -0.2) is 8.42 Å². The average molecular weight is 397 g/mol. The molecule has 7 heteroatoms. The highest BCUT2D eigenvalue weighted by Crippen LogP contribution is 2.44. The molecule has 3 fully saturated rings. The number of amides is 1. The van der Waals surface area contributed by atoms with E-state index < -0.39 is 10.0 Å². The smallest absolute Gasteiger partial charge is 0.251 e. The Morgan fingerprint density at radius 1 is 1.12 bits per heavy atom. The number of piperidine rings is 1. The molecule has 0 unspecified atom stereocenters. The molecule has 3 aliphatic rings. The number of carbonyl (C=O) groups is 1. The Morgan fingerprint density at radius 3 is 2.54 bits per heavy atom. The highest BCUT2D eigenvalue weighted by molar-refractivity contribution is 7.89. The van der Waals surface area contributed by atoms with E-state index in [0.717, 1.165) is 31.6 Å². The van der Waals surface area contributed by atoms with E-state index in [-0.39, 0.29) is 21.9 Å². The van der Waals surface area contributed by atoms with Crippen molar-refractivity contribution in [2.75, 3.05) is 13.1 Å². The summed E-state index contributed by atoms with van der Waals surface area (Å²) in [5, 5.41) is 3.29. The van der Waals surface area contributed by atoms with Gasteiger partial charge in [-0.2, -0.15) is 4.31 Å². The fourth-order valence-electron chi connectivity index (χ4n) is 4.76. The third kappa shape index (κ3) is 3.39. The second kappa shape index (κ2) is 7.13. The molecule has 2 saturated carbocycles. The maximum atomic E-state index is 12.9. The van der Waals surface area contributed by atoms with E-state index in [1.165, 1.54) is 35.7 Å². The van der Waals surface area contributed by atoms with Crippen LogP contribution < -0.4 is 5.32 Å². The molecular formula is C19H25ClN2O3S. The predicted octanol–water partition coefficient (Wildman–Crippen LogP) is 3.43. The lowest BCUT2D eigenvalue weighted by Gasteiger charge is -2.26. The van der Waals surface area contributed by atoms with Crippen LogP contribution in [0.5, 0.6) is 0 Å². The minimum Gasteiger partial charge on any atom is -0.349 e. The summed E-state index contributed by atoms with van der Waals surface area (Å²) in [6.45, 7) is 1.03. The lowest BCUT2D eigenvalue weighted by atomic mass is 9.95. The first kappa shape index (κ1) is 18.3. The minimum atomic E-state index is -3.66. The molecular weight excluding hydrogens is 372 g/mol. The van der Waals surface area contributed by atoms with Crippen LogP contribution in [0.25, 0.3) is 0 Å². The highest BCUT2D eigenvalue weighted by Gasteiger charge is 2.40. The molecule has 2 bridgehead atoms. The lowest BCUT2D eigenvalue weighted by molar-refractivity contribution is 0.0922. The molecule has 1 aromatic carbocycles. The number of fused-ring (bicyclic) bond motifs is 2. The Bertz CT molecular complexity index is 805. The van der Waals surface area contributed by atoms with Crippen LogP contribution in [0.4, 0.5) is 0 Å². The van der Waals surface area contributed by atoms with Gasteiger partial charge in [0.1, 0.15) is 4.90 Å². The molecule has 0 aromatic heterocycles. The SMILES string of the molecule is O=C(N[C@@H]1C[C@@H]2CC[C@@H]1C2)c1ccc(Cl)c(S(=O)(=O)N2CCCCC2)c1. The van der Waals surface area contributed by atoms with Crippen molar-refractivity contribution in [2.45, 2.75) is 55.9 Å². The van der Waals surface area contributed by atoms with Crippen LogP contribution in [0.2, 0.25) is 5.02 Å². The maximum absolute atomic E-state index is 12.9. The predicted molar refractivity (Wildman–Crippen MR) is 101 cm³/mol. The van der Waals surface area contributed by atoms with Gasteiger partial charge in [-0.05, 0) is 62.1 Å². The van der Waals surface area contributed by atoms with E-state index in [4.69, 9.17) is 11.6 Å². The van der Waals surface area contributed by atoms with E-state index in [1.54, 1.807) is 6.07 Å². The number of nitrogens with zero attached hydrogens (tertiary/aromatic N) is 1. The van der Waals surface area contributed by atoms with Gasteiger partial charge in [0.2, 0.25) is 10.0 Å². The highest BCUT2D eigenvalue weighted by atomic mass is 35.5. The van der Waals surface area contributed by atoms with E-state index >= 15 is 0 Å². The topological polar surface area (TPSA) is 66.5 Å². The van der Waals surface area contributed by atoms with E-state index in [9.17, 15) is 13.2 Å². The fourth-order valence-corrected chi connectivity index (χ4v) is 6.78. The summed E-state index contributed by atoms with van der Waals surface area (Å²) < 4.78 is 27.4. The van der Waals surface area contributed by atoms with Gasteiger partial charge in [-0.15, -0.1) is 0 Å². The molecule has 1 N–H and O–H groups in total. The fraction of sp³-hybridized carbons (Fsp3) is 0.632. The molecule has 1 heterocycles. The summed E-state index contributed by atoms with van der Waals surface area (Å²) in [4.78, 5) is 12.7. The molecule has 0 spiro atoms. The Kier molecular flexibility index (Phi) is 5.01. The van der Waals surface area contributed by atoms with Crippen molar-refractivity contribution in [3.8, 4) is 0 Å². The normalized spacial score (nSPS) is 29.0. The molecule has 1 saturated heterocycles. The number of sulfonamides is 1. The van der Waals surface area contributed by atoms with Gasteiger partial charge in [0, 0.05) is 24.7 Å². The third-order valence-corrected chi connectivity index (χ3v) is 8.56. The van der Waals surface area contributed by atoms with Crippen molar-refractivity contribution < 1.29 is 13.2 Å². The van der Waals surface area contributed by atoms with Crippen LogP contribution in [0, 0.1) is 11.8 Å². The summed E-state index contributed by atoms with van der Waals surface area (Å²) in [6, 6.07) is 4.79. The van der Waals surface area contributed by atoms with Crippen molar-refractivity contribution in [1.29, 1.82) is 0 Å². The van der Waals surface area contributed by atoms with Crippen molar-refractivity contribution in [3.63, 3.8) is 0 Å². The molecule has 5 nitrogen and oxygen atoms in total. The minimum absolute atomic E-state index is 0.0432. The van der Waals surface area contributed by atoms with Gasteiger partial charge >= 0.3 is 0 Å². The molecule has 142 valence electrons. The Hall–Kier alpha value is -1.11. The molecule has 4 rings (SSSR count). The van der Waals surface area contributed by atoms with Crippen LogP contribution in [0.15, 0.2) is 23.1 Å². The third-order valence-electron chi connectivity index (χ3n) is 6.18. The quantitative estimate of drug-likeness (QED) is 0.847. The molecule has 2 aliphatic carbocycles. The van der Waals surface area contributed by atoms with Crippen LogP contribution in [0.3, 0.4) is 0 Å². The van der Waals surface area contributed by atoms with Crippen LogP contribution in [-0.2, 0) is 10.0 Å². The maximum Gasteiger partial charge on any atom is 0.251 e. The number of hydrogen-bond donors (Lipinski definition) is 1. The zero-order valence-electron chi connectivity index (χ0n) is 14.8. The van der Waals surface area contributed by atoms with Crippen molar-refractivity contribution in [3.05, 3.63) is 28.8 Å². The zero-order chi connectivity index (χ0) is 18.3. The number of rotatable bonds is 4. The molecule has 1 aliphatic heterocycles. The Morgan fingerprint density at radius 2 is 1.88 bits per heavy atom. The summed E-state index contributed by atoms with van der Waals surface area (Å²) in [7, 11) is -3.66. The van der Waals surface area contributed by atoms with Gasteiger partial charge in [0.05, 0.1) is 5.02 Å². The average Bonchev–Trinajstić information content (AvgIpc) is 3.25. The number of hydrogen-bond acceptors (Lipinski definition) is 3. The largest absolute Gasteiger partial charge is 0.349 e. The summed E-state index contributed by atoms with van der Waals surface area (Å²) >= 11 is 6.19. The zero-order valence-corrected chi connectivity index (χ0v) is 16.4. The Balaban J connectivity index is 1.54. The molecule has 3 atom stereocenters. The summed E-state index contributed by atoms with van der Waals surface area (Å²) in [6.07, 6.45) is 7.48. The number of carbonyl (C=O) groups excluding carboxylic acids is 1. The second-order valence-electron chi connectivity index (χ2n) is 7.86. The summed E-state index contributed by atoms with van der Waals surface area (Å²) in [5.74, 6) is 1.12. The van der Waals surface area contributed by atoms with Gasteiger partial charge in [0.15, 0.2) is 0 Å². The van der Waals surface area contributed by atoms with Gasteiger partial charge < -0.3 is 5.32 Å². The van der Waals surface area contributed by atoms with Gasteiger partial charge in [-0.1, -0.05) is 24.4 Å². The van der Waals surface area contributed by atoms with E-state index in [0.29, 0.717) is 24.6 Å². The van der Waals surface area contributed by atoms with Crippen LogP contribution >= 0.6 is 11.6 Å². The first-order valence-corrected chi connectivity index (χ1v) is 11.4. The Labute approximate surface area is 160 Å². The number of nitrogens with one attached hydrogen (secondary N) is 1. The molecule has 26 heavy (non-hydrogen) atoms. The number of benzene rings is 1. The second-order valence-corrected chi connectivity index (χ2v) is 10.2. The van der Waals surface area contributed by atoms with E-state index in [2.05, 4.69) is 5.32 Å². The lowest BCUT2D eigenvalue weighted by Crippen LogP contribution is -2.39. The first-order valence-electron chi connectivity index (χ1n) is 9.56. The monoisotopic (exact) mass is 396 g/mol. The summed E-state index contributed by atoms with van der Waals surface area (Å²) in [5.41, 5.74) is 0.368. The van der Waals surface area contributed by atoms with E-state index in [1.807, 2.05) is 0 Å². The van der Waals surface area contributed by atoms with Crippen LogP contribution in [0.1, 0.15) is 55.3 Å². The molecule has 1 amide bonds. The first-order chi connectivity index (χ1) is 12.4.